The van der Waals surface area contributed by atoms with E-state index < -0.39 is 18.0 Å². The van der Waals surface area contributed by atoms with Gasteiger partial charge in [0.2, 0.25) is 0 Å². The number of hydrogen-bond acceptors (Lipinski definition) is 6. The topological polar surface area (TPSA) is 83.1 Å². The van der Waals surface area contributed by atoms with Crippen molar-refractivity contribution < 1.29 is 28.5 Å². The summed E-state index contributed by atoms with van der Waals surface area (Å²) in [6, 6.07) is 12.1. The van der Waals surface area contributed by atoms with Crippen LogP contribution in [-0.2, 0) is 16.1 Å². The Kier molecular flexibility index (Phi) is 8.53. The van der Waals surface area contributed by atoms with Crippen LogP contribution in [0.15, 0.2) is 42.5 Å². The first kappa shape index (κ1) is 23.1. The van der Waals surface area contributed by atoms with Crippen LogP contribution < -0.4 is 19.5 Å². The standard InChI is InChI=1S/C23H29NO6/c1-15(2)14-29-20-11-10-17(12-21(20)28-5)23(26)30-16(3)22(25)24-13-18-8-6-7-9-19(18)27-4/h6-12,15-16H,13-14H2,1-5H3,(H,24,25)/t16-/m0/s1. The van der Waals surface area contributed by atoms with Crippen molar-refractivity contribution in [3.05, 3.63) is 53.6 Å². The molecule has 0 unspecified atom stereocenters. The SMILES string of the molecule is COc1ccccc1CNC(=O)[C@H](C)OC(=O)c1ccc(OCC(C)C)c(OC)c1. The van der Waals surface area contributed by atoms with Gasteiger partial charge in [-0.2, -0.15) is 0 Å². The van der Waals surface area contributed by atoms with Crippen LogP contribution >= 0.6 is 0 Å². The number of ether oxygens (including phenoxy) is 4. The molecule has 1 amide bonds. The summed E-state index contributed by atoms with van der Waals surface area (Å²) in [4.78, 5) is 24.8. The van der Waals surface area contributed by atoms with Gasteiger partial charge in [0.25, 0.3) is 5.91 Å². The molecule has 0 radical (unpaired) electrons. The summed E-state index contributed by atoms with van der Waals surface area (Å²) in [7, 11) is 3.07. The maximum Gasteiger partial charge on any atom is 0.339 e. The van der Waals surface area contributed by atoms with Crippen molar-refractivity contribution in [3.63, 3.8) is 0 Å². The molecule has 0 aliphatic carbocycles. The number of hydrogen-bond donors (Lipinski definition) is 1. The molecule has 1 atom stereocenters. The van der Waals surface area contributed by atoms with Crippen molar-refractivity contribution in [2.75, 3.05) is 20.8 Å². The summed E-state index contributed by atoms with van der Waals surface area (Å²) in [5.74, 6) is 0.981. The van der Waals surface area contributed by atoms with Crippen LogP contribution in [0.4, 0.5) is 0 Å². The lowest BCUT2D eigenvalue weighted by Crippen LogP contribution is -2.35. The third-order valence-corrected chi connectivity index (χ3v) is 4.27. The minimum Gasteiger partial charge on any atom is -0.496 e. The number of nitrogens with one attached hydrogen (secondary N) is 1. The van der Waals surface area contributed by atoms with Crippen LogP contribution in [0.25, 0.3) is 0 Å². The van der Waals surface area contributed by atoms with E-state index in [9.17, 15) is 9.59 Å². The number of carbonyl (C=O) groups excluding carboxylic acids is 2. The van der Waals surface area contributed by atoms with Crippen molar-refractivity contribution >= 4 is 11.9 Å². The fourth-order valence-corrected chi connectivity index (χ4v) is 2.63. The molecule has 7 heteroatoms. The summed E-state index contributed by atoms with van der Waals surface area (Å²) in [5.41, 5.74) is 1.10. The van der Waals surface area contributed by atoms with E-state index in [-0.39, 0.29) is 12.1 Å². The lowest BCUT2D eigenvalue weighted by atomic mass is 10.2. The third-order valence-electron chi connectivity index (χ3n) is 4.27. The Morgan fingerprint density at radius 1 is 0.933 bits per heavy atom. The average molecular weight is 415 g/mol. The van der Waals surface area contributed by atoms with E-state index in [0.29, 0.717) is 29.8 Å². The van der Waals surface area contributed by atoms with E-state index in [0.717, 1.165) is 5.56 Å². The predicted molar refractivity (Wildman–Crippen MR) is 113 cm³/mol. The van der Waals surface area contributed by atoms with Crippen LogP contribution in [0.5, 0.6) is 17.2 Å². The largest absolute Gasteiger partial charge is 0.496 e. The van der Waals surface area contributed by atoms with Crippen LogP contribution in [0.1, 0.15) is 36.7 Å². The van der Waals surface area contributed by atoms with E-state index in [1.165, 1.54) is 20.1 Å². The maximum absolute atomic E-state index is 12.5. The number of methoxy groups -OCH3 is 2. The molecular formula is C23H29NO6. The van der Waals surface area contributed by atoms with Crippen molar-refractivity contribution in [1.82, 2.24) is 5.32 Å². The van der Waals surface area contributed by atoms with Gasteiger partial charge in [0.05, 0.1) is 26.4 Å². The monoisotopic (exact) mass is 415 g/mol. The van der Waals surface area contributed by atoms with Gasteiger partial charge in [-0.05, 0) is 37.1 Å². The molecule has 2 rings (SSSR count). The normalized spacial score (nSPS) is 11.5. The van der Waals surface area contributed by atoms with Gasteiger partial charge in [0, 0.05) is 12.1 Å². The number of benzene rings is 2. The van der Waals surface area contributed by atoms with Crippen molar-refractivity contribution in [2.24, 2.45) is 5.92 Å². The molecule has 30 heavy (non-hydrogen) atoms. The highest BCUT2D eigenvalue weighted by molar-refractivity contribution is 5.92. The Morgan fingerprint density at radius 2 is 1.63 bits per heavy atom. The summed E-state index contributed by atoms with van der Waals surface area (Å²) >= 11 is 0. The second-order valence-corrected chi connectivity index (χ2v) is 7.15. The lowest BCUT2D eigenvalue weighted by molar-refractivity contribution is -0.129. The van der Waals surface area contributed by atoms with E-state index in [4.69, 9.17) is 18.9 Å². The molecule has 0 saturated heterocycles. The summed E-state index contributed by atoms with van der Waals surface area (Å²) in [5, 5.41) is 2.75. The van der Waals surface area contributed by atoms with Gasteiger partial charge in [-0.3, -0.25) is 4.79 Å². The Morgan fingerprint density at radius 3 is 2.30 bits per heavy atom. The van der Waals surface area contributed by atoms with Crippen molar-refractivity contribution in [1.29, 1.82) is 0 Å². The lowest BCUT2D eigenvalue weighted by Gasteiger charge is -2.16. The van der Waals surface area contributed by atoms with Crippen LogP contribution in [-0.4, -0.2) is 38.8 Å². The first-order chi connectivity index (χ1) is 14.3. The fourth-order valence-electron chi connectivity index (χ4n) is 2.63. The Labute approximate surface area is 177 Å². The van der Waals surface area contributed by atoms with Gasteiger partial charge in [-0.1, -0.05) is 32.0 Å². The molecule has 0 heterocycles. The predicted octanol–water partition coefficient (Wildman–Crippen LogP) is 3.60. The van der Waals surface area contributed by atoms with Crippen molar-refractivity contribution in [2.45, 2.75) is 33.4 Å². The van der Waals surface area contributed by atoms with Crippen molar-refractivity contribution in [3.8, 4) is 17.2 Å². The van der Waals surface area contributed by atoms with E-state index in [1.54, 1.807) is 19.2 Å². The fraction of sp³-hybridized carbons (Fsp3) is 0.391. The first-order valence-corrected chi connectivity index (χ1v) is 9.77. The Bertz CT molecular complexity index is 865. The molecule has 2 aromatic rings. The number of amides is 1. The van der Waals surface area contributed by atoms with Crippen LogP contribution in [0.2, 0.25) is 0 Å². The minimum atomic E-state index is -0.963. The second-order valence-electron chi connectivity index (χ2n) is 7.15. The zero-order valence-electron chi connectivity index (χ0n) is 18.1. The highest BCUT2D eigenvalue weighted by atomic mass is 16.5. The van der Waals surface area contributed by atoms with Crippen LogP contribution in [0, 0.1) is 5.92 Å². The average Bonchev–Trinajstić information content (AvgIpc) is 2.75. The molecule has 162 valence electrons. The molecule has 0 spiro atoms. The highest BCUT2D eigenvalue weighted by Crippen LogP contribution is 2.29. The van der Waals surface area contributed by atoms with Gasteiger partial charge >= 0.3 is 5.97 Å². The quantitative estimate of drug-likeness (QED) is 0.597. The smallest absolute Gasteiger partial charge is 0.339 e. The molecule has 0 bridgehead atoms. The molecule has 7 nitrogen and oxygen atoms in total. The minimum absolute atomic E-state index is 0.264. The molecule has 2 aromatic carbocycles. The van der Waals surface area contributed by atoms with Gasteiger partial charge < -0.3 is 24.3 Å². The van der Waals surface area contributed by atoms with Gasteiger partial charge in [0.15, 0.2) is 17.6 Å². The van der Waals surface area contributed by atoms with E-state index in [2.05, 4.69) is 5.32 Å². The number of carbonyl (C=O) groups is 2. The van der Waals surface area contributed by atoms with E-state index in [1.807, 2.05) is 38.1 Å². The molecular weight excluding hydrogens is 386 g/mol. The zero-order chi connectivity index (χ0) is 22.1. The molecule has 1 N–H and O–H groups in total. The maximum atomic E-state index is 12.5. The number of esters is 1. The number of para-hydroxylation sites is 1. The van der Waals surface area contributed by atoms with Gasteiger partial charge in [0.1, 0.15) is 5.75 Å². The third kappa shape index (κ3) is 6.40. The molecule has 0 aromatic heterocycles. The second kappa shape index (κ2) is 11.1. The Balaban J connectivity index is 1.96. The summed E-state index contributed by atoms with van der Waals surface area (Å²) in [6.07, 6.45) is -0.963. The highest BCUT2D eigenvalue weighted by Gasteiger charge is 2.20. The van der Waals surface area contributed by atoms with Crippen LogP contribution in [0.3, 0.4) is 0 Å². The Hall–Kier alpha value is -3.22. The van der Waals surface area contributed by atoms with Gasteiger partial charge in [-0.25, -0.2) is 4.79 Å². The molecule has 0 saturated carbocycles. The number of rotatable bonds is 10. The summed E-state index contributed by atoms with van der Waals surface area (Å²) < 4.78 is 21.6. The first-order valence-electron chi connectivity index (χ1n) is 9.77. The molecule has 0 aliphatic heterocycles. The molecule has 0 fully saturated rings. The van der Waals surface area contributed by atoms with E-state index >= 15 is 0 Å². The molecule has 0 aliphatic rings. The zero-order valence-corrected chi connectivity index (χ0v) is 18.1. The summed E-state index contributed by atoms with van der Waals surface area (Å²) in [6.45, 7) is 6.40. The van der Waals surface area contributed by atoms with Gasteiger partial charge in [-0.15, -0.1) is 0 Å².